The standard InChI is InChI=1S/C24H28N2O4S/c1-16-8-9-17(2)21(14-16)31(29,30)24(12-3-4-13-24)23(28)26-20-7-5-6-18(15-20)22(27)25-19-10-11-19/h5-9,14-15,19H,3-4,10-13H2,1-2H3,(H,25,27)(H,26,28). The number of carbonyl (C=O) groups excluding carboxylic acids is 2. The first-order valence-electron chi connectivity index (χ1n) is 10.8. The number of hydrogen-bond acceptors (Lipinski definition) is 4. The van der Waals surface area contributed by atoms with Crippen molar-refractivity contribution in [1.29, 1.82) is 0 Å². The van der Waals surface area contributed by atoms with E-state index in [9.17, 15) is 18.0 Å². The van der Waals surface area contributed by atoms with Gasteiger partial charge in [0.1, 0.15) is 0 Å². The van der Waals surface area contributed by atoms with Gasteiger partial charge in [0.25, 0.3) is 5.91 Å². The van der Waals surface area contributed by atoms with Crippen LogP contribution in [0, 0.1) is 13.8 Å². The summed E-state index contributed by atoms with van der Waals surface area (Å²) in [4.78, 5) is 26.0. The summed E-state index contributed by atoms with van der Waals surface area (Å²) in [6, 6.07) is 12.2. The predicted octanol–water partition coefficient (Wildman–Crippen LogP) is 3.92. The summed E-state index contributed by atoms with van der Waals surface area (Å²) in [5.41, 5.74) is 2.36. The van der Waals surface area contributed by atoms with E-state index in [1.807, 2.05) is 13.0 Å². The lowest BCUT2D eigenvalue weighted by Crippen LogP contribution is -2.47. The van der Waals surface area contributed by atoms with Gasteiger partial charge in [0.05, 0.1) is 4.90 Å². The third kappa shape index (κ3) is 4.11. The summed E-state index contributed by atoms with van der Waals surface area (Å²) < 4.78 is 26.0. The van der Waals surface area contributed by atoms with Gasteiger partial charge in [-0.1, -0.05) is 31.0 Å². The molecule has 2 fully saturated rings. The first-order valence-corrected chi connectivity index (χ1v) is 12.3. The number of amides is 2. The third-order valence-corrected chi connectivity index (χ3v) is 8.91. The van der Waals surface area contributed by atoms with Crippen LogP contribution in [0.15, 0.2) is 47.4 Å². The monoisotopic (exact) mass is 440 g/mol. The topological polar surface area (TPSA) is 92.3 Å². The van der Waals surface area contributed by atoms with E-state index in [-0.39, 0.29) is 29.7 Å². The van der Waals surface area contributed by atoms with Gasteiger partial charge in [0, 0.05) is 17.3 Å². The zero-order valence-corrected chi connectivity index (χ0v) is 18.7. The van der Waals surface area contributed by atoms with Crippen LogP contribution in [0.4, 0.5) is 5.69 Å². The molecule has 2 amide bonds. The second kappa shape index (κ2) is 8.11. The highest BCUT2D eigenvalue weighted by atomic mass is 32.2. The number of carbonyl (C=O) groups is 2. The Kier molecular flexibility index (Phi) is 5.64. The van der Waals surface area contributed by atoms with Crippen molar-refractivity contribution < 1.29 is 18.0 Å². The van der Waals surface area contributed by atoms with Crippen molar-refractivity contribution in [2.24, 2.45) is 0 Å². The van der Waals surface area contributed by atoms with Crippen LogP contribution >= 0.6 is 0 Å². The Morgan fingerprint density at radius 2 is 1.71 bits per heavy atom. The molecule has 0 radical (unpaired) electrons. The maximum atomic E-state index is 13.7. The van der Waals surface area contributed by atoms with Crippen molar-refractivity contribution in [3.63, 3.8) is 0 Å². The molecule has 7 heteroatoms. The molecule has 4 rings (SSSR count). The second-order valence-electron chi connectivity index (χ2n) is 8.76. The van der Waals surface area contributed by atoms with E-state index in [4.69, 9.17) is 0 Å². The van der Waals surface area contributed by atoms with Gasteiger partial charge in [-0.3, -0.25) is 9.59 Å². The van der Waals surface area contributed by atoms with Crippen LogP contribution in [-0.2, 0) is 14.6 Å². The summed E-state index contributed by atoms with van der Waals surface area (Å²) >= 11 is 0. The van der Waals surface area contributed by atoms with Gasteiger partial charge in [-0.05, 0) is 74.9 Å². The minimum absolute atomic E-state index is 0.183. The minimum atomic E-state index is -3.90. The third-order valence-electron chi connectivity index (χ3n) is 6.27. The maximum absolute atomic E-state index is 13.7. The highest BCUT2D eigenvalue weighted by Gasteiger charge is 2.53. The molecule has 0 aromatic heterocycles. The smallest absolute Gasteiger partial charge is 0.251 e. The zero-order chi connectivity index (χ0) is 22.2. The van der Waals surface area contributed by atoms with Crippen molar-refractivity contribution in [3.05, 3.63) is 59.2 Å². The highest BCUT2D eigenvalue weighted by Crippen LogP contribution is 2.42. The van der Waals surface area contributed by atoms with E-state index in [0.29, 0.717) is 29.7 Å². The van der Waals surface area contributed by atoms with Gasteiger partial charge >= 0.3 is 0 Å². The molecule has 0 aliphatic heterocycles. The molecule has 0 atom stereocenters. The van der Waals surface area contributed by atoms with Crippen LogP contribution in [0.3, 0.4) is 0 Å². The number of nitrogens with one attached hydrogen (secondary N) is 2. The summed E-state index contributed by atoms with van der Waals surface area (Å²) in [6.07, 6.45) is 3.91. The van der Waals surface area contributed by atoms with Gasteiger partial charge in [-0.25, -0.2) is 8.42 Å². The molecule has 0 heterocycles. The van der Waals surface area contributed by atoms with Crippen molar-refractivity contribution in [1.82, 2.24) is 5.32 Å². The molecule has 0 saturated heterocycles. The van der Waals surface area contributed by atoms with Crippen LogP contribution < -0.4 is 10.6 Å². The highest BCUT2D eigenvalue weighted by molar-refractivity contribution is 7.93. The van der Waals surface area contributed by atoms with Crippen LogP contribution in [0.5, 0.6) is 0 Å². The molecule has 2 N–H and O–H groups in total. The molecular weight excluding hydrogens is 412 g/mol. The van der Waals surface area contributed by atoms with Crippen LogP contribution in [0.2, 0.25) is 0 Å². The molecule has 6 nitrogen and oxygen atoms in total. The quantitative estimate of drug-likeness (QED) is 0.712. The first-order chi connectivity index (χ1) is 14.7. The fraction of sp³-hybridized carbons (Fsp3) is 0.417. The van der Waals surface area contributed by atoms with Crippen LogP contribution in [0.1, 0.15) is 60.0 Å². The van der Waals surface area contributed by atoms with E-state index in [0.717, 1.165) is 18.4 Å². The SMILES string of the molecule is Cc1ccc(C)c(S(=O)(=O)C2(C(=O)Nc3cccc(C(=O)NC4CC4)c3)CCCC2)c1. The lowest BCUT2D eigenvalue weighted by Gasteiger charge is -2.28. The van der Waals surface area contributed by atoms with Gasteiger partial charge in [0.15, 0.2) is 14.6 Å². The molecule has 0 spiro atoms. The van der Waals surface area contributed by atoms with E-state index in [1.54, 1.807) is 43.3 Å². The molecule has 2 aliphatic rings. The second-order valence-corrected chi connectivity index (χ2v) is 11.0. The summed E-state index contributed by atoms with van der Waals surface area (Å²) in [5, 5.41) is 5.72. The number of aryl methyl sites for hydroxylation is 2. The molecule has 2 aromatic rings. The van der Waals surface area contributed by atoms with Crippen molar-refractivity contribution in [2.45, 2.75) is 68.1 Å². The number of benzene rings is 2. The summed E-state index contributed by atoms with van der Waals surface area (Å²) in [5.74, 6) is -0.706. The molecule has 164 valence electrons. The Hall–Kier alpha value is -2.67. The molecular formula is C24H28N2O4S. The van der Waals surface area contributed by atoms with E-state index < -0.39 is 20.5 Å². The molecule has 2 saturated carbocycles. The average Bonchev–Trinajstić information content (AvgIpc) is 3.39. The predicted molar refractivity (Wildman–Crippen MR) is 120 cm³/mol. The molecule has 2 aliphatic carbocycles. The zero-order valence-electron chi connectivity index (χ0n) is 17.9. The summed E-state index contributed by atoms with van der Waals surface area (Å²) in [7, 11) is -3.90. The largest absolute Gasteiger partial charge is 0.349 e. The van der Waals surface area contributed by atoms with Crippen molar-refractivity contribution in [2.75, 3.05) is 5.32 Å². The average molecular weight is 441 g/mol. The Morgan fingerprint density at radius 1 is 1.00 bits per heavy atom. The van der Waals surface area contributed by atoms with Gasteiger partial charge in [0.2, 0.25) is 5.91 Å². The fourth-order valence-electron chi connectivity index (χ4n) is 4.25. The Balaban J connectivity index is 1.63. The Labute approximate surface area is 183 Å². The number of anilines is 1. The lowest BCUT2D eigenvalue weighted by molar-refractivity contribution is -0.118. The van der Waals surface area contributed by atoms with E-state index in [1.165, 1.54) is 0 Å². The molecule has 2 aromatic carbocycles. The van der Waals surface area contributed by atoms with E-state index in [2.05, 4.69) is 10.6 Å². The molecule has 0 unspecified atom stereocenters. The lowest BCUT2D eigenvalue weighted by atomic mass is 10.1. The van der Waals surface area contributed by atoms with Crippen LogP contribution in [-0.4, -0.2) is 31.0 Å². The normalized spacial score (nSPS) is 17.9. The summed E-state index contributed by atoms with van der Waals surface area (Å²) in [6.45, 7) is 3.60. The Bertz CT molecular complexity index is 1130. The van der Waals surface area contributed by atoms with E-state index >= 15 is 0 Å². The Morgan fingerprint density at radius 3 is 2.39 bits per heavy atom. The van der Waals surface area contributed by atoms with Gasteiger partial charge in [-0.15, -0.1) is 0 Å². The van der Waals surface area contributed by atoms with Crippen molar-refractivity contribution >= 4 is 27.3 Å². The molecule has 0 bridgehead atoms. The maximum Gasteiger partial charge on any atom is 0.251 e. The minimum Gasteiger partial charge on any atom is -0.349 e. The van der Waals surface area contributed by atoms with Crippen LogP contribution in [0.25, 0.3) is 0 Å². The number of sulfone groups is 1. The van der Waals surface area contributed by atoms with Gasteiger partial charge < -0.3 is 10.6 Å². The number of rotatable bonds is 6. The molecule has 31 heavy (non-hydrogen) atoms. The van der Waals surface area contributed by atoms with Crippen molar-refractivity contribution in [3.8, 4) is 0 Å². The van der Waals surface area contributed by atoms with Gasteiger partial charge in [-0.2, -0.15) is 0 Å². The first kappa shape index (κ1) is 21.6. The fourth-order valence-corrected chi connectivity index (χ4v) is 6.63. The number of hydrogen-bond donors (Lipinski definition) is 2.